The Balaban J connectivity index is 2.20. The summed E-state index contributed by atoms with van der Waals surface area (Å²) in [5.41, 5.74) is 7.46. The molecule has 0 bridgehead atoms. The Morgan fingerprint density at radius 1 is 1.41 bits per heavy atom. The predicted molar refractivity (Wildman–Crippen MR) is 66.4 cm³/mol. The molecule has 1 heterocycles. The van der Waals surface area contributed by atoms with Crippen LogP contribution in [0.25, 0.3) is 0 Å². The molecule has 2 N–H and O–H groups in total. The molecule has 0 amide bonds. The standard InChI is InChI=1S/C12H18N2O3/c1-15-11-7-9(13)3-4-10(11)14-5-6-17-12(8-14)16-2/h3-4,7,12H,5-6,8,13H2,1-2H3. The highest BCUT2D eigenvalue weighted by Crippen LogP contribution is 2.31. The van der Waals surface area contributed by atoms with E-state index in [1.165, 1.54) is 0 Å². The zero-order valence-electron chi connectivity index (χ0n) is 10.2. The second-order valence-electron chi connectivity index (χ2n) is 3.91. The topological polar surface area (TPSA) is 57.0 Å². The van der Waals surface area contributed by atoms with E-state index < -0.39 is 0 Å². The van der Waals surface area contributed by atoms with E-state index in [9.17, 15) is 0 Å². The largest absolute Gasteiger partial charge is 0.495 e. The molecule has 0 saturated carbocycles. The minimum Gasteiger partial charge on any atom is -0.495 e. The second-order valence-corrected chi connectivity index (χ2v) is 3.91. The van der Waals surface area contributed by atoms with Gasteiger partial charge in [-0.3, -0.25) is 0 Å². The molecule has 1 aliphatic rings. The number of methoxy groups -OCH3 is 2. The fourth-order valence-electron chi connectivity index (χ4n) is 1.94. The van der Waals surface area contributed by atoms with Crippen LogP contribution < -0.4 is 15.4 Å². The van der Waals surface area contributed by atoms with Crippen LogP contribution >= 0.6 is 0 Å². The monoisotopic (exact) mass is 238 g/mol. The fraction of sp³-hybridized carbons (Fsp3) is 0.500. The molecule has 0 aliphatic carbocycles. The molecule has 0 spiro atoms. The van der Waals surface area contributed by atoms with E-state index in [4.69, 9.17) is 19.9 Å². The molecule has 1 atom stereocenters. The third-order valence-electron chi connectivity index (χ3n) is 2.84. The average Bonchev–Trinajstić information content (AvgIpc) is 2.38. The molecule has 5 nitrogen and oxygen atoms in total. The van der Waals surface area contributed by atoms with Gasteiger partial charge in [0, 0.05) is 25.4 Å². The lowest BCUT2D eigenvalue weighted by molar-refractivity contribution is -0.128. The van der Waals surface area contributed by atoms with Gasteiger partial charge in [0.05, 0.1) is 25.9 Å². The molecule has 17 heavy (non-hydrogen) atoms. The van der Waals surface area contributed by atoms with Crippen LogP contribution in [0.5, 0.6) is 5.75 Å². The van der Waals surface area contributed by atoms with Crippen LogP contribution in [0, 0.1) is 0 Å². The van der Waals surface area contributed by atoms with Crippen molar-refractivity contribution >= 4 is 11.4 Å². The molecule has 1 saturated heterocycles. The van der Waals surface area contributed by atoms with E-state index in [-0.39, 0.29) is 6.29 Å². The quantitative estimate of drug-likeness (QED) is 0.799. The van der Waals surface area contributed by atoms with Gasteiger partial charge in [0.15, 0.2) is 6.29 Å². The number of morpholine rings is 1. The first kappa shape index (κ1) is 12.0. The van der Waals surface area contributed by atoms with Crippen molar-refractivity contribution in [2.75, 3.05) is 44.5 Å². The summed E-state index contributed by atoms with van der Waals surface area (Å²) in [5.74, 6) is 0.779. The van der Waals surface area contributed by atoms with Gasteiger partial charge in [-0.1, -0.05) is 0 Å². The molecule has 1 fully saturated rings. The van der Waals surface area contributed by atoms with Crippen molar-refractivity contribution in [1.82, 2.24) is 0 Å². The van der Waals surface area contributed by atoms with Gasteiger partial charge < -0.3 is 24.8 Å². The van der Waals surface area contributed by atoms with Gasteiger partial charge in [-0.05, 0) is 12.1 Å². The number of hydrogen-bond acceptors (Lipinski definition) is 5. The van der Waals surface area contributed by atoms with Crippen molar-refractivity contribution in [3.63, 3.8) is 0 Å². The Hall–Kier alpha value is -1.46. The summed E-state index contributed by atoms with van der Waals surface area (Å²) in [6.45, 7) is 2.16. The summed E-state index contributed by atoms with van der Waals surface area (Å²) in [7, 11) is 3.29. The maximum absolute atomic E-state index is 5.74. The van der Waals surface area contributed by atoms with Gasteiger partial charge in [0.2, 0.25) is 0 Å². The van der Waals surface area contributed by atoms with Crippen LogP contribution in [0.2, 0.25) is 0 Å². The smallest absolute Gasteiger partial charge is 0.174 e. The van der Waals surface area contributed by atoms with Crippen LogP contribution in [0.3, 0.4) is 0 Å². The predicted octanol–water partition coefficient (Wildman–Crippen LogP) is 1.09. The number of rotatable bonds is 3. The lowest BCUT2D eigenvalue weighted by Crippen LogP contribution is -2.43. The molecular formula is C12H18N2O3. The lowest BCUT2D eigenvalue weighted by atomic mass is 10.2. The van der Waals surface area contributed by atoms with Crippen molar-refractivity contribution in [3.05, 3.63) is 18.2 Å². The average molecular weight is 238 g/mol. The summed E-state index contributed by atoms with van der Waals surface area (Å²) < 4.78 is 16.0. The Bertz CT molecular complexity index is 384. The number of anilines is 2. The van der Waals surface area contributed by atoms with E-state index >= 15 is 0 Å². The highest BCUT2D eigenvalue weighted by molar-refractivity contribution is 5.64. The molecular weight excluding hydrogens is 220 g/mol. The van der Waals surface area contributed by atoms with Crippen LogP contribution in [-0.2, 0) is 9.47 Å². The lowest BCUT2D eigenvalue weighted by Gasteiger charge is -2.34. The van der Waals surface area contributed by atoms with Crippen LogP contribution in [0.4, 0.5) is 11.4 Å². The molecule has 94 valence electrons. The number of ether oxygens (including phenoxy) is 3. The fourth-order valence-corrected chi connectivity index (χ4v) is 1.94. The first-order chi connectivity index (χ1) is 8.24. The normalized spacial score (nSPS) is 20.4. The third-order valence-corrected chi connectivity index (χ3v) is 2.84. The first-order valence-electron chi connectivity index (χ1n) is 5.57. The summed E-state index contributed by atoms with van der Waals surface area (Å²) >= 11 is 0. The Morgan fingerprint density at radius 3 is 2.94 bits per heavy atom. The Labute approximate surface area is 101 Å². The Kier molecular flexibility index (Phi) is 3.71. The SMILES string of the molecule is COc1cc(N)ccc1N1CCOC(OC)C1. The molecule has 5 heteroatoms. The van der Waals surface area contributed by atoms with Crippen LogP contribution in [-0.4, -0.2) is 40.2 Å². The molecule has 0 radical (unpaired) electrons. The molecule has 1 aromatic carbocycles. The minimum atomic E-state index is -0.189. The van der Waals surface area contributed by atoms with Gasteiger partial charge in [-0.15, -0.1) is 0 Å². The van der Waals surface area contributed by atoms with Crippen molar-refractivity contribution in [3.8, 4) is 5.75 Å². The third kappa shape index (κ3) is 2.62. The molecule has 1 unspecified atom stereocenters. The maximum atomic E-state index is 5.74. The first-order valence-corrected chi connectivity index (χ1v) is 5.57. The highest BCUT2D eigenvalue weighted by atomic mass is 16.7. The molecule has 1 aromatic rings. The van der Waals surface area contributed by atoms with E-state index in [1.54, 1.807) is 14.2 Å². The van der Waals surface area contributed by atoms with E-state index in [2.05, 4.69) is 4.90 Å². The molecule has 0 aromatic heterocycles. The number of nitrogens with zero attached hydrogens (tertiary/aromatic N) is 1. The summed E-state index contributed by atoms with van der Waals surface area (Å²) in [5, 5.41) is 0. The van der Waals surface area contributed by atoms with Crippen molar-refractivity contribution < 1.29 is 14.2 Å². The van der Waals surface area contributed by atoms with Crippen molar-refractivity contribution in [2.24, 2.45) is 0 Å². The van der Waals surface area contributed by atoms with E-state index in [0.29, 0.717) is 18.8 Å². The van der Waals surface area contributed by atoms with Gasteiger partial charge >= 0.3 is 0 Å². The summed E-state index contributed by atoms with van der Waals surface area (Å²) in [6.07, 6.45) is -0.189. The number of hydrogen-bond donors (Lipinski definition) is 1. The van der Waals surface area contributed by atoms with Crippen molar-refractivity contribution in [1.29, 1.82) is 0 Å². The van der Waals surface area contributed by atoms with Crippen LogP contribution in [0.15, 0.2) is 18.2 Å². The summed E-state index contributed by atoms with van der Waals surface area (Å²) in [6, 6.07) is 5.66. The van der Waals surface area contributed by atoms with Crippen LogP contribution in [0.1, 0.15) is 0 Å². The molecule has 1 aliphatic heterocycles. The second kappa shape index (κ2) is 5.25. The number of nitrogen functional groups attached to an aromatic ring is 1. The summed E-state index contributed by atoms with van der Waals surface area (Å²) in [4.78, 5) is 2.18. The van der Waals surface area contributed by atoms with E-state index in [0.717, 1.165) is 18.0 Å². The number of benzene rings is 1. The minimum absolute atomic E-state index is 0.189. The van der Waals surface area contributed by atoms with E-state index in [1.807, 2.05) is 18.2 Å². The van der Waals surface area contributed by atoms with Gasteiger partial charge in [-0.25, -0.2) is 0 Å². The van der Waals surface area contributed by atoms with Gasteiger partial charge in [0.1, 0.15) is 5.75 Å². The van der Waals surface area contributed by atoms with Gasteiger partial charge in [-0.2, -0.15) is 0 Å². The Morgan fingerprint density at radius 2 is 2.24 bits per heavy atom. The van der Waals surface area contributed by atoms with Gasteiger partial charge in [0.25, 0.3) is 0 Å². The molecule has 2 rings (SSSR count). The highest BCUT2D eigenvalue weighted by Gasteiger charge is 2.22. The zero-order valence-corrected chi connectivity index (χ0v) is 10.2. The van der Waals surface area contributed by atoms with Crippen molar-refractivity contribution in [2.45, 2.75) is 6.29 Å². The number of nitrogens with two attached hydrogens (primary N) is 1. The zero-order chi connectivity index (χ0) is 12.3. The maximum Gasteiger partial charge on any atom is 0.174 e.